The highest BCUT2D eigenvalue weighted by atomic mass is 16.1. The van der Waals surface area contributed by atoms with E-state index in [-0.39, 0.29) is 5.56 Å². The molecule has 0 saturated carbocycles. The number of pyridine rings is 1. The fourth-order valence-electron chi connectivity index (χ4n) is 10.00. The van der Waals surface area contributed by atoms with E-state index in [4.69, 9.17) is 0 Å². The van der Waals surface area contributed by atoms with Gasteiger partial charge in [-0.05, 0) is 108 Å². The number of rotatable bonds is 3. The van der Waals surface area contributed by atoms with Gasteiger partial charge in [0.1, 0.15) is 0 Å². The number of nitrogens with one attached hydrogen (secondary N) is 1. The summed E-state index contributed by atoms with van der Waals surface area (Å²) in [5.41, 5.74) is 11.2. The zero-order chi connectivity index (χ0) is 38.1. The van der Waals surface area contributed by atoms with E-state index in [2.05, 4.69) is 175 Å². The van der Waals surface area contributed by atoms with Crippen molar-refractivity contribution < 1.29 is 0 Å². The van der Waals surface area contributed by atoms with E-state index in [1.54, 1.807) is 0 Å². The lowest BCUT2D eigenvalue weighted by Gasteiger charge is -2.12. The summed E-state index contributed by atoms with van der Waals surface area (Å²) in [4.78, 5) is 17.7. The van der Waals surface area contributed by atoms with Crippen LogP contribution in [-0.4, -0.2) is 9.38 Å². The smallest absolute Gasteiger partial charge is 0.263 e. The van der Waals surface area contributed by atoms with E-state index in [1.165, 1.54) is 65.3 Å². The molecule has 0 bridgehead atoms. The fraction of sp³-hybridized carbons (Fsp3) is 0. The van der Waals surface area contributed by atoms with E-state index in [0.29, 0.717) is 0 Å². The molecule has 13 aromatic rings. The lowest BCUT2D eigenvalue weighted by Crippen LogP contribution is -2.12. The van der Waals surface area contributed by atoms with Gasteiger partial charge in [-0.2, -0.15) is 0 Å². The van der Waals surface area contributed by atoms with Gasteiger partial charge in [-0.1, -0.05) is 146 Å². The van der Waals surface area contributed by atoms with Crippen LogP contribution in [0.3, 0.4) is 0 Å². The molecule has 0 aliphatic heterocycles. The topological polar surface area (TPSA) is 37.3 Å². The van der Waals surface area contributed by atoms with Gasteiger partial charge in [-0.3, -0.25) is 9.20 Å². The van der Waals surface area contributed by atoms with Gasteiger partial charge in [0.15, 0.2) is 0 Å². The van der Waals surface area contributed by atoms with E-state index in [0.717, 1.165) is 60.1 Å². The second-order valence-electron chi connectivity index (χ2n) is 15.7. The molecule has 0 spiro atoms. The number of aromatic nitrogens is 2. The minimum absolute atomic E-state index is 0.0308. The lowest BCUT2D eigenvalue weighted by atomic mass is 9.91. The minimum Gasteiger partial charge on any atom is -0.354 e. The van der Waals surface area contributed by atoms with Crippen molar-refractivity contribution in [1.82, 2.24) is 9.38 Å². The van der Waals surface area contributed by atoms with Gasteiger partial charge in [-0.25, -0.2) is 0 Å². The second-order valence-corrected chi connectivity index (χ2v) is 15.7. The number of hydrogen-bond acceptors (Lipinski definition) is 1. The molecule has 1 N–H and O–H groups in total. The third-order valence-electron chi connectivity index (χ3n) is 12.7. The zero-order valence-electron chi connectivity index (χ0n) is 31.3. The molecule has 3 heteroatoms. The highest BCUT2D eigenvalue weighted by Gasteiger charge is 2.18. The summed E-state index contributed by atoms with van der Waals surface area (Å²) in [6.07, 6.45) is 0. The van der Waals surface area contributed by atoms with Crippen molar-refractivity contribution in [2.24, 2.45) is 0 Å². The summed E-state index contributed by atoms with van der Waals surface area (Å²) in [6, 6.07) is 67.6. The summed E-state index contributed by atoms with van der Waals surface area (Å²) in [6.45, 7) is 0. The number of fused-ring (bicyclic) bond motifs is 14. The van der Waals surface area contributed by atoms with Gasteiger partial charge in [0.05, 0.1) is 16.6 Å². The molecule has 3 heterocycles. The Morgan fingerprint density at radius 2 is 0.810 bits per heavy atom. The van der Waals surface area contributed by atoms with Gasteiger partial charge in [0.2, 0.25) is 0 Å². The van der Waals surface area contributed by atoms with Crippen LogP contribution in [0.5, 0.6) is 0 Å². The van der Waals surface area contributed by atoms with Crippen LogP contribution in [0.2, 0.25) is 0 Å². The Morgan fingerprint density at radius 1 is 0.328 bits per heavy atom. The molecule has 0 fully saturated rings. The minimum atomic E-state index is 0.0308. The monoisotopic (exact) mass is 736 g/mol. The Kier molecular flexibility index (Phi) is 6.31. The average molecular weight is 737 g/mol. The molecule has 13 rings (SSSR count). The van der Waals surface area contributed by atoms with E-state index < -0.39 is 0 Å². The number of H-pyrrole nitrogens is 1. The first-order valence-corrected chi connectivity index (χ1v) is 19.9. The summed E-state index contributed by atoms with van der Waals surface area (Å²) < 4.78 is 1.91. The Morgan fingerprint density at radius 3 is 1.55 bits per heavy atom. The third kappa shape index (κ3) is 4.30. The summed E-state index contributed by atoms with van der Waals surface area (Å²) in [5.74, 6) is 0. The molecule has 58 heavy (non-hydrogen) atoms. The molecule has 3 nitrogen and oxygen atoms in total. The molecule has 3 aromatic heterocycles. The molecular formula is C55H32N2O. The molecule has 10 aromatic carbocycles. The molecular weight excluding hydrogens is 705 g/mol. The van der Waals surface area contributed by atoms with Crippen LogP contribution in [0.1, 0.15) is 0 Å². The highest BCUT2D eigenvalue weighted by molar-refractivity contribution is 6.26. The molecule has 0 atom stereocenters. The van der Waals surface area contributed by atoms with Crippen LogP contribution >= 0.6 is 0 Å². The van der Waals surface area contributed by atoms with Crippen LogP contribution in [0.25, 0.3) is 125 Å². The Labute approximate surface area is 332 Å². The maximum atomic E-state index is 13.9. The van der Waals surface area contributed by atoms with Crippen molar-refractivity contribution in [3.8, 4) is 33.4 Å². The molecule has 0 radical (unpaired) electrons. The van der Waals surface area contributed by atoms with Crippen molar-refractivity contribution in [1.29, 1.82) is 0 Å². The molecule has 0 amide bonds. The van der Waals surface area contributed by atoms with Gasteiger partial charge in [0, 0.05) is 43.4 Å². The van der Waals surface area contributed by atoms with Gasteiger partial charge in [-0.15, -0.1) is 0 Å². The van der Waals surface area contributed by atoms with Crippen LogP contribution < -0.4 is 5.56 Å². The Hall–Kier alpha value is -7.75. The normalized spacial score (nSPS) is 12.2. The Balaban J connectivity index is 0.930. The lowest BCUT2D eigenvalue weighted by molar-refractivity contribution is 1.21. The largest absolute Gasteiger partial charge is 0.354 e. The number of nitrogens with zero attached hydrogens (tertiary/aromatic N) is 1. The molecule has 0 aliphatic carbocycles. The van der Waals surface area contributed by atoms with Crippen LogP contribution in [-0.2, 0) is 0 Å². The fourth-order valence-corrected chi connectivity index (χ4v) is 10.00. The summed E-state index contributed by atoms with van der Waals surface area (Å²) in [5, 5.41) is 15.1. The first-order chi connectivity index (χ1) is 28.7. The first kappa shape index (κ1) is 31.5. The van der Waals surface area contributed by atoms with Crippen LogP contribution in [0, 0.1) is 0 Å². The number of hydrogen-bond donors (Lipinski definition) is 1. The number of aromatic amines is 1. The molecule has 268 valence electrons. The zero-order valence-corrected chi connectivity index (χ0v) is 31.3. The highest BCUT2D eigenvalue weighted by Crippen LogP contribution is 2.41. The average Bonchev–Trinajstić information content (AvgIpc) is 3.84. The predicted molar refractivity (Wildman–Crippen MR) is 246 cm³/mol. The molecule has 0 aliphatic rings. The number of benzene rings is 10. The number of para-hydroxylation sites is 2. The maximum absolute atomic E-state index is 13.9. The second kappa shape index (κ2) is 11.6. The van der Waals surface area contributed by atoms with E-state index in [9.17, 15) is 4.79 Å². The van der Waals surface area contributed by atoms with Crippen molar-refractivity contribution >= 4 is 92.1 Å². The van der Waals surface area contributed by atoms with Crippen molar-refractivity contribution in [3.05, 3.63) is 198 Å². The van der Waals surface area contributed by atoms with Gasteiger partial charge >= 0.3 is 0 Å². The summed E-state index contributed by atoms with van der Waals surface area (Å²) >= 11 is 0. The molecule has 0 unspecified atom stereocenters. The first-order valence-electron chi connectivity index (χ1n) is 19.9. The van der Waals surface area contributed by atoms with Crippen molar-refractivity contribution in [2.45, 2.75) is 0 Å². The predicted octanol–water partition coefficient (Wildman–Crippen LogP) is 14.3. The summed E-state index contributed by atoms with van der Waals surface area (Å²) in [7, 11) is 0. The standard InChI is InChI=1S/C55H32N2O/c58-55-47-17-6-5-16-42(47)45-20-9-21-46-50-31-35(24-27-52(50)57(55)54(45)46)34-23-26-51-49(30-34)44-19-8-18-37(53(44)56-51)36-11-7-10-32(28-36)33-22-25-43-40-14-2-1-12-38(40)39-13-3-4-15-41(39)48(43)29-33/h1-31,56H. The van der Waals surface area contributed by atoms with Gasteiger partial charge in [0.25, 0.3) is 5.56 Å². The quantitative estimate of drug-likeness (QED) is 0.180. The van der Waals surface area contributed by atoms with E-state index >= 15 is 0 Å². The third-order valence-corrected chi connectivity index (χ3v) is 12.7. The molecule has 0 saturated heterocycles. The maximum Gasteiger partial charge on any atom is 0.263 e. The SMILES string of the molecule is O=c1c2ccccc2c2cccc3c4cc(-c5ccc6[nH]c7c(-c8cccc(-c9ccc%10c%11ccccc%11c%11ccccc%11c%10c9)c8)cccc7c6c5)ccc4n1c23. The van der Waals surface area contributed by atoms with E-state index in [1.807, 2.05) is 22.6 Å². The van der Waals surface area contributed by atoms with Crippen LogP contribution in [0.4, 0.5) is 0 Å². The van der Waals surface area contributed by atoms with Crippen LogP contribution in [0.15, 0.2) is 193 Å². The van der Waals surface area contributed by atoms with Crippen molar-refractivity contribution in [2.75, 3.05) is 0 Å². The van der Waals surface area contributed by atoms with Crippen molar-refractivity contribution in [3.63, 3.8) is 0 Å². The Bertz CT molecular complexity index is 3910. The van der Waals surface area contributed by atoms with Gasteiger partial charge < -0.3 is 4.98 Å².